The summed E-state index contributed by atoms with van der Waals surface area (Å²) in [5.41, 5.74) is 1.79. The molecular formula is C23H24N2O4. The van der Waals surface area contributed by atoms with Crippen LogP contribution in [0, 0.1) is 6.92 Å². The molecule has 0 saturated heterocycles. The van der Waals surface area contributed by atoms with Gasteiger partial charge in [0.05, 0.1) is 6.54 Å². The van der Waals surface area contributed by atoms with Crippen molar-refractivity contribution < 1.29 is 19.5 Å². The van der Waals surface area contributed by atoms with Crippen LogP contribution in [0.2, 0.25) is 0 Å². The lowest BCUT2D eigenvalue weighted by atomic mass is 10.1. The number of fused-ring (bicyclic) bond motifs is 1. The van der Waals surface area contributed by atoms with Crippen LogP contribution in [-0.4, -0.2) is 35.5 Å². The van der Waals surface area contributed by atoms with Crippen LogP contribution >= 0.6 is 0 Å². The lowest BCUT2D eigenvalue weighted by molar-refractivity contribution is -0.141. The van der Waals surface area contributed by atoms with Gasteiger partial charge < -0.3 is 15.7 Å². The average Bonchev–Trinajstić information content (AvgIpc) is 2.73. The second kappa shape index (κ2) is 10.6. The zero-order valence-corrected chi connectivity index (χ0v) is 16.4. The fourth-order valence-corrected chi connectivity index (χ4v) is 2.59. The summed E-state index contributed by atoms with van der Waals surface area (Å²) in [5.74, 6) is -2.05. The molecule has 0 aromatic heterocycles. The number of carboxylic acids is 1. The molecule has 0 radical (unpaired) electrons. The molecule has 3 aromatic carbocycles. The molecule has 2 amide bonds. The van der Waals surface area contributed by atoms with Crippen molar-refractivity contribution in [1.82, 2.24) is 10.6 Å². The summed E-state index contributed by atoms with van der Waals surface area (Å²) in [7, 11) is 0. The van der Waals surface area contributed by atoms with Crippen LogP contribution < -0.4 is 10.6 Å². The monoisotopic (exact) mass is 392 g/mol. The van der Waals surface area contributed by atoms with E-state index in [4.69, 9.17) is 5.11 Å². The minimum Gasteiger partial charge on any atom is -0.480 e. The molecule has 3 aromatic rings. The van der Waals surface area contributed by atoms with Gasteiger partial charge in [0, 0.05) is 5.56 Å². The smallest absolute Gasteiger partial charge is 0.325 e. The fraction of sp³-hybridized carbons (Fsp3) is 0.174. The number of rotatable bonds is 5. The van der Waals surface area contributed by atoms with Crippen LogP contribution in [0.1, 0.15) is 22.8 Å². The van der Waals surface area contributed by atoms with Gasteiger partial charge in [0.2, 0.25) is 5.91 Å². The number of carboxylic acid groups (broad SMARTS) is 1. The number of aliphatic carboxylic acids is 1. The molecule has 29 heavy (non-hydrogen) atoms. The summed E-state index contributed by atoms with van der Waals surface area (Å²) in [6.07, 6.45) is 0. The van der Waals surface area contributed by atoms with Crippen molar-refractivity contribution in [1.29, 1.82) is 0 Å². The van der Waals surface area contributed by atoms with Gasteiger partial charge in [0.1, 0.15) is 6.04 Å². The highest BCUT2D eigenvalue weighted by Crippen LogP contribution is 2.16. The standard InChI is InChI=1S/C12H14N2O4.C11H10/c1-8(12(17)18)14-10(15)7-13-11(16)9-5-3-2-4-6-9;1-9-5-4-7-10-6-2-3-8-11(9)10/h2-6,8H,7H2,1H3,(H,13,16)(H,14,15)(H,17,18);2-8H,1H3. The maximum Gasteiger partial charge on any atom is 0.325 e. The Kier molecular flexibility index (Phi) is 7.91. The lowest BCUT2D eigenvalue weighted by Crippen LogP contribution is -2.43. The molecule has 0 heterocycles. The van der Waals surface area contributed by atoms with Crippen molar-refractivity contribution in [2.75, 3.05) is 6.54 Å². The van der Waals surface area contributed by atoms with Crippen LogP contribution in [0.5, 0.6) is 0 Å². The number of hydrogen-bond acceptors (Lipinski definition) is 3. The number of amides is 2. The Balaban J connectivity index is 0.000000230. The zero-order valence-electron chi connectivity index (χ0n) is 16.4. The first-order valence-electron chi connectivity index (χ1n) is 9.18. The zero-order chi connectivity index (χ0) is 21.2. The van der Waals surface area contributed by atoms with Crippen LogP contribution in [0.4, 0.5) is 0 Å². The molecule has 0 spiro atoms. The Morgan fingerprint density at radius 1 is 0.897 bits per heavy atom. The molecular weight excluding hydrogens is 368 g/mol. The van der Waals surface area contributed by atoms with E-state index in [1.807, 2.05) is 0 Å². The summed E-state index contributed by atoms with van der Waals surface area (Å²) in [6.45, 7) is 3.23. The number of carbonyl (C=O) groups excluding carboxylic acids is 2. The summed E-state index contributed by atoms with van der Waals surface area (Å²) < 4.78 is 0. The molecule has 3 rings (SSSR count). The summed E-state index contributed by atoms with van der Waals surface area (Å²) in [5, 5.41) is 15.9. The van der Waals surface area contributed by atoms with E-state index in [-0.39, 0.29) is 12.5 Å². The van der Waals surface area contributed by atoms with Crippen LogP contribution in [-0.2, 0) is 9.59 Å². The number of carbonyl (C=O) groups is 3. The second-order valence-corrected chi connectivity index (χ2v) is 6.47. The SMILES string of the molecule is CC(NC(=O)CNC(=O)c1ccccc1)C(=O)O.Cc1cccc2ccccc12. The molecule has 0 fully saturated rings. The van der Waals surface area contributed by atoms with E-state index in [0.29, 0.717) is 5.56 Å². The maximum absolute atomic E-state index is 11.6. The lowest BCUT2D eigenvalue weighted by Gasteiger charge is -2.09. The van der Waals surface area contributed by atoms with Crippen LogP contribution in [0.3, 0.4) is 0 Å². The van der Waals surface area contributed by atoms with E-state index in [1.54, 1.807) is 30.3 Å². The third-order valence-electron chi connectivity index (χ3n) is 4.20. The Hall–Kier alpha value is -3.67. The van der Waals surface area contributed by atoms with Gasteiger partial charge in [-0.25, -0.2) is 0 Å². The summed E-state index contributed by atoms with van der Waals surface area (Å²) in [4.78, 5) is 33.4. The minimum absolute atomic E-state index is 0.259. The van der Waals surface area contributed by atoms with E-state index in [9.17, 15) is 14.4 Å². The van der Waals surface area contributed by atoms with Gasteiger partial charge in [-0.1, -0.05) is 60.7 Å². The molecule has 6 heteroatoms. The van der Waals surface area contributed by atoms with E-state index < -0.39 is 17.9 Å². The van der Waals surface area contributed by atoms with Gasteiger partial charge in [0.15, 0.2) is 0 Å². The van der Waals surface area contributed by atoms with Crippen LogP contribution in [0.15, 0.2) is 72.8 Å². The summed E-state index contributed by atoms with van der Waals surface area (Å²) in [6, 6.07) is 22.3. The normalized spacial score (nSPS) is 11.0. The molecule has 1 unspecified atom stereocenters. The molecule has 0 aliphatic carbocycles. The molecule has 0 aliphatic heterocycles. The third kappa shape index (κ3) is 6.77. The number of hydrogen-bond donors (Lipinski definition) is 3. The van der Waals surface area contributed by atoms with E-state index >= 15 is 0 Å². The Bertz CT molecular complexity index is 981. The van der Waals surface area contributed by atoms with Gasteiger partial charge in [-0.3, -0.25) is 14.4 Å². The molecule has 0 bridgehead atoms. The minimum atomic E-state index is -1.13. The van der Waals surface area contributed by atoms with Crippen molar-refractivity contribution in [3.05, 3.63) is 83.9 Å². The Labute approximate surface area is 169 Å². The van der Waals surface area contributed by atoms with Gasteiger partial charge in [-0.05, 0) is 42.3 Å². The first kappa shape index (κ1) is 21.6. The van der Waals surface area contributed by atoms with Crippen molar-refractivity contribution in [2.24, 2.45) is 0 Å². The first-order valence-corrected chi connectivity index (χ1v) is 9.18. The predicted octanol–water partition coefficient (Wildman–Crippen LogP) is 3.15. The molecule has 6 nitrogen and oxygen atoms in total. The maximum atomic E-state index is 11.6. The predicted molar refractivity (Wildman–Crippen MR) is 113 cm³/mol. The highest BCUT2D eigenvalue weighted by Gasteiger charge is 2.14. The van der Waals surface area contributed by atoms with Gasteiger partial charge >= 0.3 is 5.97 Å². The fourth-order valence-electron chi connectivity index (χ4n) is 2.59. The van der Waals surface area contributed by atoms with E-state index in [0.717, 1.165) is 0 Å². The highest BCUT2D eigenvalue weighted by atomic mass is 16.4. The Morgan fingerprint density at radius 2 is 1.52 bits per heavy atom. The molecule has 3 N–H and O–H groups in total. The first-order chi connectivity index (χ1) is 13.9. The van der Waals surface area contributed by atoms with E-state index in [2.05, 4.69) is 60.0 Å². The van der Waals surface area contributed by atoms with Crippen LogP contribution in [0.25, 0.3) is 10.8 Å². The van der Waals surface area contributed by atoms with E-state index in [1.165, 1.54) is 23.3 Å². The molecule has 1 atom stereocenters. The molecule has 0 saturated carbocycles. The number of benzene rings is 3. The average molecular weight is 392 g/mol. The largest absolute Gasteiger partial charge is 0.480 e. The topological polar surface area (TPSA) is 95.5 Å². The Morgan fingerprint density at radius 3 is 2.17 bits per heavy atom. The van der Waals surface area contributed by atoms with Crippen molar-refractivity contribution in [2.45, 2.75) is 19.9 Å². The quantitative estimate of drug-likeness (QED) is 0.622. The molecule has 150 valence electrons. The number of nitrogens with one attached hydrogen (secondary N) is 2. The van der Waals surface area contributed by atoms with Gasteiger partial charge in [-0.2, -0.15) is 0 Å². The second-order valence-electron chi connectivity index (χ2n) is 6.47. The van der Waals surface area contributed by atoms with Gasteiger partial charge in [0.25, 0.3) is 5.91 Å². The molecule has 0 aliphatic rings. The van der Waals surface area contributed by atoms with Crippen molar-refractivity contribution in [3.8, 4) is 0 Å². The van der Waals surface area contributed by atoms with Gasteiger partial charge in [-0.15, -0.1) is 0 Å². The third-order valence-corrected chi connectivity index (χ3v) is 4.20. The number of aryl methyl sites for hydroxylation is 1. The highest BCUT2D eigenvalue weighted by molar-refractivity contribution is 5.96. The summed E-state index contributed by atoms with van der Waals surface area (Å²) >= 11 is 0. The van der Waals surface area contributed by atoms with Crippen molar-refractivity contribution >= 4 is 28.6 Å². The van der Waals surface area contributed by atoms with Crippen molar-refractivity contribution in [3.63, 3.8) is 0 Å².